The van der Waals surface area contributed by atoms with Gasteiger partial charge in [0.2, 0.25) is 22.6 Å². The van der Waals surface area contributed by atoms with Gasteiger partial charge in [0.15, 0.2) is 0 Å². The Morgan fingerprint density at radius 1 is 0.508 bits per heavy atom. The Kier molecular flexibility index (Phi) is 32.2. The SMILES string of the molecule is CN=[N+]=NCCC(C)(C)OCCC(C)(C)C(=O)NC(COCCC(=O)NC(COCCC(=O)O)COCCC(=O)O)COCCC(=O)NC(COCCC(=O)O)COCCC(=O)O. The highest BCUT2D eigenvalue weighted by molar-refractivity contribution is 5.82. The lowest BCUT2D eigenvalue weighted by molar-refractivity contribution is -0.139. The van der Waals surface area contributed by atoms with Crippen LogP contribution in [0, 0.1) is 5.41 Å². The third kappa shape index (κ3) is 35.5. The number of aliphatic carboxylic acids is 4. The van der Waals surface area contributed by atoms with Gasteiger partial charge in [0.25, 0.3) is 0 Å². The molecule has 0 aliphatic rings. The first-order chi connectivity index (χ1) is 29.8. The minimum absolute atomic E-state index is 0.0852. The Morgan fingerprint density at radius 2 is 0.841 bits per heavy atom. The third-order valence-corrected chi connectivity index (χ3v) is 8.57. The van der Waals surface area contributed by atoms with Crippen molar-refractivity contribution >= 4 is 41.6 Å². The fourth-order valence-electron chi connectivity index (χ4n) is 4.89. The summed E-state index contributed by atoms with van der Waals surface area (Å²) in [6.45, 7) is 6.86. The fraction of sp³-hybridized carbons (Fsp3) is 0.821. The maximum Gasteiger partial charge on any atom is 0.305 e. The first-order valence-corrected chi connectivity index (χ1v) is 20.6. The number of nitrogens with one attached hydrogen (secondary N) is 3. The van der Waals surface area contributed by atoms with Crippen LogP contribution in [0.1, 0.15) is 79.1 Å². The summed E-state index contributed by atoms with van der Waals surface area (Å²) in [5.41, 5.74) is -1.44. The lowest BCUT2D eigenvalue weighted by atomic mass is 9.88. The molecular weight excluding hydrogens is 840 g/mol. The molecule has 0 aromatic rings. The van der Waals surface area contributed by atoms with E-state index < -0.39 is 64.8 Å². The minimum Gasteiger partial charge on any atom is -0.481 e. The van der Waals surface area contributed by atoms with Gasteiger partial charge >= 0.3 is 23.9 Å². The highest BCUT2D eigenvalue weighted by Crippen LogP contribution is 2.23. The minimum atomic E-state index is -1.06. The standard InChI is InChI=1S/C39H68N6O18/c1-38(2,13-21-63-39(3,4)12-14-41-45-40-5)37(56)44-30(26-57-15-6-31(46)42-28(22-59-17-8-33(48)49)23-60-18-9-34(50)51)27-58-16-7-32(47)43-29(24-61-19-10-35(52)53)25-62-20-11-36(54)55/h28-30H,6-27H2,1-5H3,(H6-,42,43,44,46,47,48,49,50,51,52,53,54,55,56)/p+1. The summed E-state index contributed by atoms with van der Waals surface area (Å²) in [4.78, 5) is 86.0. The van der Waals surface area contributed by atoms with E-state index in [1.165, 1.54) is 7.05 Å². The van der Waals surface area contributed by atoms with Crippen molar-refractivity contribution in [1.29, 1.82) is 0 Å². The van der Waals surface area contributed by atoms with Crippen LogP contribution in [0.2, 0.25) is 0 Å². The first-order valence-electron chi connectivity index (χ1n) is 20.6. The van der Waals surface area contributed by atoms with E-state index in [-0.39, 0.29) is 130 Å². The van der Waals surface area contributed by atoms with E-state index in [0.29, 0.717) is 19.4 Å². The van der Waals surface area contributed by atoms with Gasteiger partial charge in [-0.05, 0) is 20.3 Å². The van der Waals surface area contributed by atoms with E-state index in [9.17, 15) is 33.6 Å². The molecule has 7 N–H and O–H groups in total. The van der Waals surface area contributed by atoms with Crippen LogP contribution in [-0.4, -0.2) is 185 Å². The maximum atomic E-state index is 13.6. The number of rotatable bonds is 41. The molecule has 24 nitrogen and oxygen atoms in total. The number of carboxylic acid groups (broad SMARTS) is 4. The van der Waals surface area contributed by atoms with Gasteiger partial charge in [-0.25, -0.2) is 0 Å². The molecule has 0 atom stereocenters. The van der Waals surface area contributed by atoms with Crippen molar-refractivity contribution in [3.8, 4) is 0 Å². The molecule has 0 heterocycles. The number of carboxylic acids is 4. The predicted octanol–water partition coefficient (Wildman–Crippen LogP) is 0.422. The molecule has 0 radical (unpaired) electrons. The normalized spacial score (nSPS) is 11.6. The van der Waals surface area contributed by atoms with Crippen molar-refractivity contribution in [1.82, 2.24) is 20.9 Å². The lowest BCUT2D eigenvalue weighted by Gasteiger charge is -2.30. The zero-order chi connectivity index (χ0) is 47.5. The Bertz CT molecular complexity index is 1330. The van der Waals surface area contributed by atoms with Gasteiger partial charge in [-0.2, -0.15) is 0 Å². The summed E-state index contributed by atoms with van der Waals surface area (Å²) in [5.74, 6) is -5.51. The molecule has 362 valence electrons. The monoisotopic (exact) mass is 909 g/mol. The summed E-state index contributed by atoms with van der Waals surface area (Å²) in [6, 6.07) is -2.15. The highest BCUT2D eigenvalue weighted by Gasteiger charge is 2.31. The molecule has 0 bridgehead atoms. The van der Waals surface area contributed by atoms with Crippen molar-refractivity contribution in [2.45, 2.75) is 103 Å². The van der Waals surface area contributed by atoms with E-state index in [1.54, 1.807) is 13.8 Å². The van der Waals surface area contributed by atoms with Crippen LogP contribution >= 0.6 is 0 Å². The van der Waals surface area contributed by atoms with Crippen molar-refractivity contribution in [3.63, 3.8) is 0 Å². The van der Waals surface area contributed by atoms with Crippen molar-refractivity contribution in [2.24, 2.45) is 15.6 Å². The first kappa shape index (κ1) is 58.3. The maximum absolute atomic E-state index is 13.6. The van der Waals surface area contributed by atoms with Crippen LogP contribution in [-0.2, 0) is 66.7 Å². The van der Waals surface area contributed by atoms with Crippen LogP contribution in [0.5, 0.6) is 0 Å². The van der Waals surface area contributed by atoms with Gasteiger partial charge in [-0.15, -0.1) is 0 Å². The van der Waals surface area contributed by atoms with Gasteiger partial charge in [-0.1, -0.05) is 13.8 Å². The molecule has 0 saturated heterocycles. The molecule has 24 heteroatoms. The third-order valence-electron chi connectivity index (χ3n) is 8.57. The van der Waals surface area contributed by atoms with Crippen LogP contribution in [0.3, 0.4) is 0 Å². The predicted molar refractivity (Wildman–Crippen MR) is 220 cm³/mol. The zero-order valence-corrected chi connectivity index (χ0v) is 37.1. The summed E-state index contributed by atoms with van der Waals surface area (Å²) < 4.78 is 38.9. The molecule has 0 aliphatic heterocycles. The molecule has 0 aliphatic carbocycles. The number of ether oxygens (including phenoxy) is 7. The smallest absolute Gasteiger partial charge is 0.305 e. The number of carbonyl (C=O) groups excluding carboxylic acids is 3. The molecule has 0 fully saturated rings. The quantitative estimate of drug-likeness (QED) is 0.0248. The van der Waals surface area contributed by atoms with Gasteiger partial charge < -0.3 is 69.5 Å². The van der Waals surface area contributed by atoms with Gasteiger partial charge in [0.1, 0.15) is 23.8 Å². The second kappa shape index (κ2) is 34.8. The van der Waals surface area contributed by atoms with E-state index >= 15 is 0 Å². The molecule has 0 spiro atoms. The fourth-order valence-corrected chi connectivity index (χ4v) is 4.89. The van der Waals surface area contributed by atoms with Gasteiger partial charge in [-0.3, -0.25) is 33.6 Å². The zero-order valence-electron chi connectivity index (χ0n) is 37.1. The topological polar surface area (TPSA) is 340 Å². The summed E-state index contributed by atoms with van der Waals surface area (Å²) in [6.07, 6.45) is -0.336. The number of hydrogen-bond acceptors (Lipinski definition) is 16. The summed E-state index contributed by atoms with van der Waals surface area (Å²) >= 11 is 0. The van der Waals surface area contributed by atoms with Crippen LogP contribution in [0.25, 0.3) is 0 Å². The van der Waals surface area contributed by atoms with Crippen molar-refractivity contribution in [2.75, 3.05) is 99.5 Å². The Labute approximate surface area is 367 Å². The van der Waals surface area contributed by atoms with E-state index in [4.69, 9.17) is 53.6 Å². The number of carbonyl (C=O) groups is 7. The molecular formula is C39H69N6O18+. The van der Waals surface area contributed by atoms with E-state index in [0.717, 1.165) is 0 Å². The number of hydrogen-bond donors (Lipinski definition) is 7. The lowest BCUT2D eigenvalue weighted by Crippen LogP contribution is -2.48. The molecule has 0 rings (SSSR count). The summed E-state index contributed by atoms with van der Waals surface area (Å²) in [5, 5.41) is 51.3. The molecule has 63 heavy (non-hydrogen) atoms. The average Bonchev–Trinajstić information content (AvgIpc) is 3.19. The largest absolute Gasteiger partial charge is 0.481 e. The van der Waals surface area contributed by atoms with Crippen LogP contribution in [0.4, 0.5) is 0 Å². The molecule has 3 amide bonds. The van der Waals surface area contributed by atoms with E-state index in [2.05, 4.69) is 31.1 Å². The second-order valence-corrected chi connectivity index (χ2v) is 15.4. The van der Waals surface area contributed by atoms with Crippen molar-refractivity contribution < 1.29 is 87.1 Å². The molecule has 0 aromatic heterocycles. The number of nitrogens with zero attached hydrogens (tertiary/aromatic N) is 3. The summed E-state index contributed by atoms with van der Waals surface area (Å²) in [7, 11) is 1.52. The van der Waals surface area contributed by atoms with Crippen molar-refractivity contribution in [3.05, 3.63) is 0 Å². The van der Waals surface area contributed by atoms with Gasteiger partial charge in [0, 0.05) is 31.3 Å². The van der Waals surface area contributed by atoms with Crippen LogP contribution in [0.15, 0.2) is 10.2 Å². The van der Waals surface area contributed by atoms with E-state index in [1.807, 2.05) is 13.8 Å². The Balaban J connectivity index is 5.49. The number of amides is 3. The molecule has 0 aromatic carbocycles. The van der Waals surface area contributed by atoms with Gasteiger partial charge in [0.05, 0.1) is 129 Å². The Morgan fingerprint density at radius 3 is 1.17 bits per heavy atom. The second-order valence-electron chi connectivity index (χ2n) is 15.4. The molecule has 0 unspecified atom stereocenters. The Hall–Kier alpha value is -4.68. The molecule has 0 saturated carbocycles. The van der Waals surface area contributed by atoms with Crippen LogP contribution < -0.4 is 20.9 Å². The highest BCUT2D eigenvalue weighted by atomic mass is 16.5. The average molecular weight is 910 g/mol.